The first-order valence-electron chi connectivity index (χ1n) is 7.95. The Bertz CT molecular complexity index is 439. The summed E-state index contributed by atoms with van der Waals surface area (Å²) in [6.07, 6.45) is 8.20. The standard InChI is InChI=1S/C17H25NO2/c1-18-17(13-6-4-2-3-5-7-13)14-8-9-15-16(12-14)20-11-10-19-15/h8-9,12-13,17-18H,2-7,10-11H2,1H3. The van der Waals surface area contributed by atoms with Crippen molar-refractivity contribution in [3.63, 3.8) is 0 Å². The first kappa shape index (κ1) is 13.7. The predicted molar refractivity (Wildman–Crippen MR) is 80.4 cm³/mol. The zero-order valence-electron chi connectivity index (χ0n) is 12.4. The van der Waals surface area contributed by atoms with Crippen LogP contribution in [0.25, 0.3) is 0 Å². The van der Waals surface area contributed by atoms with Crippen LogP contribution in [0.2, 0.25) is 0 Å². The van der Waals surface area contributed by atoms with Crippen molar-refractivity contribution in [1.82, 2.24) is 5.32 Å². The maximum atomic E-state index is 5.72. The van der Waals surface area contributed by atoms with Gasteiger partial charge in [0.2, 0.25) is 0 Å². The van der Waals surface area contributed by atoms with Crippen LogP contribution in [-0.4, -0.2) is 20.3 Å². The molecule has 1 heterocycles. The molecule has 110 valence electrons. The van der Waals surface area contributed by atoms with Gasteiger partial charge in [-0.3, -0.25) is 0 Å². The molecule has 1 fully saturated rings. The van der Waals surface area contributed by atoms with Gasteiger partial charge in [-0.15, -0.1) is 0 Å². The van der Waals surface area contributed by atoms with Gasteiger partial charge in [-0.25, -0.2) is 0 Å². The Morgan fingerprint density at radius 2 is 1.70 bits per heavy atom. The van der Waals surface area contributed by atoms with Crippen LogP contribution in [0.3, 0.4) is 0 Å². The maximum absolute atomic E-state index is 5.72. The predicted octanol–water partition coefficient (Wildman–Crippen LogP) is 3.69. The molecule has 0 bridgehead atoms. The van der Waals surface area contributed by atoms with Crippen molar-refractivity contribution in [1.29, 1.82) is 0 Å². The third-order valence-corrected chi connectivity index (χ3v) is 4.61. The van der Waals surface area contributed by atoms with Gasteiger partial charge in [0.05, 0.1) is 0 Å². The van der Waals surface area contributed by atoms with Crippen molar-refractivity contribution in [3.8, 4) is 11.5 Å². The van der Waals surface area contributed by atoms with Crippen LogP contribution in [0.5, 0.6) is 11.5 Å². The number of rotatable bonds is 3. The molecule has 0 saturated heterocycles. The third kappa shape index (κ3) is 2.93. The SMILES string of the molecule is CNC(c1ccc2c(c1)OCCO2)C1CCCCCC1. The van der Waals surface area contributed by atoms with Crippen LogP contribution in [-0.2, 0) is 0 Å². The molecule has 3 heteroatoms. The molecule has 1 aliphatic carbocycles. The van der Waals surface area contributed by atoms with Crippen LogP contribution < -0.4 is 14.8 Å². The minimum Gasteiger partial charge on any atom is -0.486 e. The van der Waals surface area contributed by atoms with Crippen LogP contribution in [0.4, 0.5) is 0 Å². The van der Waals surface area contributed by atoms with Crippen LogP contribution in [0.1, 0.15) is 50.1 Å². The molecule has 0 aromatic heterocycles. The second kappa shape index (κ2) is 6.49. The van der Waals surface area contributed by atoms with E-state index < -0.39 is 0 Å². The van der Waals surface area contributed by atoms with Crippen LogP contribution >= 0.6 is 0 Å². The van der Waals surface area contributed by atoms with E-state index in [-0.39, 0.29) is 0 Å². The zero-order valence-corrected chi connectivity index (χ0v) is 12.4. The average molecular weight is 275 g/mol. The molecular formula is C17H25NO2. The van der Waals surface area contributed by atoms with Crippen molar-refractivity contribution in [2.75, 3.05) is 20.3 Å². The molecule has 0 radical (unpaired) electrons. The third-order valence-electron chi connectivity index (χ3n) is 4.61. The number of benzene rings is 1. The van der Waals surface area contributed by atoms with Gasteiger partial charge < -0.3 is 14.8 Å². The number of hydrogen-bond donors (Lipinski definition) is 1. The lowest BCUT2D eigenvalue weighted by Crippen LogP contribution is -2.25. The van der Waals surface area contributed by atoms with Gasteiger partial charge in [-0.2, -0.15) is 0 Å². The van der Waals surface area contributed by atoms with E-state index in [2.05, 4.69) is 30.6 Å². The Labute approximate surface area is 121 Å². The molecule has 0 spiro atoms. The molecule has 0 amide bonds. The number of fused-ring (bicyclic) bond motifs is 1. The summed E-state index contributed by atoms with van der Waals surface area (Å²) in [5.41, 5.74) is 1.34. The summed E-state index contributed by atoms with van der Waals surface area (Å²) in [5, 5.41) is 3.53. The zero-order chi connectivity index (χ0) is 13.8. The first-order valence-corrected chi connectivity index (χ1v) is 7.95. The number of nitrogens with one attached hydrogen (secondary N) is 1. The lowest BCUT2D eigenvalue weighted by atomic mass is 9.87. The molecule has 3 rings (SSSR count). The van der Waals surface area contributed by atoms with E-state index in [9.17, 15) is 0 Å². The van der Waals surface area contributed by atoms with Crippen LogP contribution in [0.15, 0.2) is 18.2 Å². The van der Waals surface area contributed by atoms with Gasteiger partial charge in [0, 0.05) is 6.04 Å². The lowest BCUT2D eigenvalue weighted by Gasteiger charge is -2.28. The van der Waals surface area contributed by atoms with Gasteiger partial charge in [-0.1, -0.05) is 31.7 Å². The summed E-state index contributed by atoms with van der Waals surface area (Å²) in [6.45, 7) is 1.31. The summed E-state index contributed by atoms with van der Waals surface area (Å²) in [4.78, 5) is 0. The van der Waals surface area contributed by atoms with E-state index >= 15 is 0 Å². The molecule has 1 atom stereocenters. The van der Waals surface area contributed by atoms with E-state index in [0.29, 0.717) is 19.3 Å². The highest BCUT2D eigenvalue weighted by Gasteiger charge is 2.24. The summed E-state index contributed by atoms with van der Waals surface area (Å²) in [6, 6.07) is 6.86. The second-order valence-electron chi connectivity index (χ2n) is 5.92. The Kier molecular flexibility index (Phi) is 4.46. The Balaban J connectivity index is 1.81. The molecule has 1 aliphatic heterocycles. The molecule has 1 N–H and O–H groups in total. The molecule has 1 aromatic carbocycles. The van der Waals surface area contributed by atoms with Crippen LogP contribution in [0, 0.1) is 5.92 Å². The molecular weight excluding hydrogens is 250 g/mol. The summed E-state index contributed by atoms with van der Waals surface area (Å²) < 4.78 is 11.3. The van der Waals surface area contributed by atoms with Crippen molar-refractivity contribution < 1.29 is 9.47 Å². The second-order valence-corrected chi connectivity index (χ2v) is 5.92. The van der Waals surface area contributed by atoms with E-state index in [4.69, 9.17) is 9.47 Å². The highest BCUT2D eigenvalue weighted by molar-refractivity contribution is 5.44. The molecule has 1 aromatic rings. The fourth-order valence-corrected chi connectivity index (χ4v) is 3.57. The van der Waals surface area contributed by atoms with E-state index in [1.807, 2.05) is 0 Å². The minimum absolute atomic E-state index is 0.434. The van der Waals surface area contributed by atoms with Gasteiger partial charge in [0.15, 0.2) is 11.5 Å². The molecule has 2 aliphatic rings. The van der Waals surface area contributed by atoms with Crippen molar-refractivity contribution in [2.45, 2.75) is 44.6 Å². The van der Waals surface area contributed by atoms with Gasteiger partial charge in [0.1, 0.15) is 13.2 Å². The minimum atomic E-state index is 0.434. The largest absolute Gasteiger partial charge is 0.486 e. The first-order chi connectivity index (χ1) is 9.88. The number of ether oxygens (including phenoxy) is 2. The molecule has 1 unspecified atom stereocenters. The van der Waals surface area contributed by atoms with Crippen molar-refractivity contribution >= 4 is 0 Å². The van der Waals surface area contributed by atoms with Gasteiger partial charge in [-0.05, 0) is 43.5 Å². The highest BCUT2D eigenvalue weighted by Crippen LogP contribution is 2.37. The topological polar surface area (TPSA) is 30.5 Å². The van der Waals surface area contributed by atoms with E-state index in [0.717, 1.165) is 17.4 Å². The summed E-state index contributed by atoms with van der Waals surface area (Å²) in [7, 11) is 2.08. The summed E-state index contributed by atoms with van der Waals surface area (Å²) in [5.74, 6) is 2.53. The monoisotopic (exact) mass is 275 g/mol. The maximum Gasteiger partial charge on any atom is 0.161 e. The normalized spacial score (nSPS) is 21.2. The van der Waals surface area contributed by atoms with E-state index in [1.54, 1.807) is 0 Å². The fraction of sp³-hybridized carbons (Fsp3) is 0.647. The quantitative estimate of drug-likeness (QED) is 0.853. The Hall–Kier alpha value is -1.22. The fourth-order valence-electron chi connectivity index (χ4n) is 3.57. The van der Waals surface area contributed by atoms with Gasteiger partial charge >= 0.3 is 0 Å². The Morgan fingerprint density at radius 1 is 1.00 bits per heavy atom. The smallest absolute Gasteiger partial charge is 0.161 e. The highest BCUT2D eigenvalue weighted by atomic mass is 16.6. The number of hydrogen-bond acceptors (Lipinski definition) is 3. The van der Waals surface area contributed by atoms with E-state index in [1.165, 1.54) is 44.1 Å². The molecule has 1 saturated carbocycles. The summed E-state index contributed by atoms with van der Waals surface area (Å²) >= 11 is 0. The Morgan fingerprint density at radius 3 is 2.40 bits per heavy atom. The molecule has 20 heavy (non-hydrogen) atoms. The van der Waals surface area contributed by atoms with Crippen molar-refractivity contribution in [3.05, 3.63) is 23.8 Å². The average Bonchev–Trinajstić information content (AvgIpc) is 2.77. The lowest BCUT2D eigenvalue weighted by molar-refractivity contribution is 0.171. The van der Waals surface area contributed by atoms with Crippen molar-refractivity contribution in [2.24, 2.45) is 5.92 Å². The molecule has 3 nitrogen and oxygen atoms in total. The van der Waals surface area contributed by atoms with Gasteiger partial charge in [0.25, 0.3) is 0 Å².